The Kier molecular flexibility index (Phi) is 6.84. The number of aryl methyl sites for hydroxylation is 2. The van der Waals surface area contributed by atoms with Crippen LogP contribution in [0.15, 0.2) is 47.8 Å². The van der Waals surface area contributed by atoms with Crippen LogP contribution in [0.1, 0.15) is 42.5 Å². The van der Waals surface area contributed by atoms with E-state index >= 15 is 0 Å². The maximum absolute atomic E-state index is 12.6. The number of hydrogen-bond donors (Lipinski definition) is 1. The first-order valence-electron chi connectivity index (χ1n) is 9.58. The van der Waals surface area contributed by atoms with E-state index in [1.807, 2.05) is 44.4 Å². The molecule has 0 spiro atoms. The Balaban J connectivity index is 1.52. The fourth-order valence-corrected chi connectivity index (χ4v) is 3.89. The Morgan fingerprint density at radius 3 is 2.57 bits per heavy atom. The van der Waals surface area contributed by atoms with Gasteiger partial charge in [-0.2, -0.15) is 0 Å². The number of ether oxygens (including phenoxy) is 1. The number of ketones is 1. The number of rotatable bonds is 8. The fourth-order valence-electron chi connectivity index (χ4n) is 3.20. The van der Waals surface area contributed by atoms with E-state index in [2.05, 4.69) is 16.0 Å². The van der Waals surface area contributed by atoms with Crippen LogP contribution >= 0.6 is 11.3 Å². The van der Waals surface area contributed by atoms with Gasteiger partial charge in [-0.15, -0.1) is 11.3 Å². The number of carbonyl (C=O) groups excluding carboxylic acids is 3. The second-order valence-electron chi connectivity index (χ2n) is 7.09. The molecule has 30 heavy (non-hydrogen) atoms. The summed E-state index contributed by atoms with van der Waals surface area (Å²) in [7, 11) is 0. The molecule has 2 heterocycles. The molecular weight excluding hydrogens is 400 g/mol. The van der Waals surface area contributed by atoms with Crippen molar-refractivity contribution in [3.63, 3.8) is 0 Å². The molecule has 3 aromatic rings. The van der Waals surface area contributed by atoms with Crippen molar-refractivity contribution in [2.45, 2.75) is 27.3 Å². The quantitative estimate of drug-likeness (QED) is 0.442. The van der Waals surface area contributed by atoms with Gasteiger partial charge in [0.2, 0.25) is 5.78 Å². The third-order valence-electron chi connectivity index (χ3n) is 4.81. The van der Waals surface area contributed by atoms with Gasteiger partial charge in [-0.25, -0.2) is 0 Å². The molecule has 1 amide bonds. The lowest BCUT2D eigenvalue weighted by molar-refractivity contribution is -0.141. The van der Waals surface area contributed by atoms with E-state index < -0.39 is 5.97 Å². The first-order valence-corrected chi connectivity index (χ1v) is 10.5. The van der Waals surface area contributed by atoms with E-state index in [1.54, 1.807) is 29.5 Å². The zero-order valence-electron chi connectivity index (χ0n) is 17.2. The minimum Gasteiger partial charge on any atom is -0.456 e. The van der Waals surface area contributed by atoms with Gasteiger partial charge in [-0.1, -0.05) is 23.8 Å². The van der Waals surface area contributed by atoms with Crippen molar-refractivity contribution in [3.05, 3.63) is 80.8 Å². The molecule has 6 nitrogen and oxygen atoms in total. The van der Waals surface area contributed by atoms with Crippen LogP contribution in [-0.4, -0.2) is 35.4 Å². The molecule has 7 heteroatoms. The van der Waals surface area contributed by atoms with Gasteiger partial charge in [0.15, 0.2) is 6.61 Å². The van der Waals surface area contributed by atoms with E-state index in [4.69, 9.17) is 4.74 Å². The standard InChI is InChI=1S/C23H24N2O4S/c1-15-6-4-7-18(10-15)23(28)24-12-22(27)29-14-21(26)20-11-16(2)25(17(20)3)13-19-8-5-9-30-19/h4-11H,12-14H2,1-3H3,(H,24,28). The molecule has 1 N–H and O–H groups in total. The summed E-state index contributed by atoms with van der Waals surface area (Å²) < 4.78 is 7.14. The second kappa shape index (κ2) is 9.54. The summed E-state index contributed by atoms with van der Waals surface area (Å²) >= 11 is 1.66. The lowest BCUT2D eigenvalue weighted by atomic mass is 10.1. The molecule has 0 saturated heterocycles. The number of amides is 1. The van der Waals surface area contributed by atoms with Crippen molar-refractivity contribution in [1.29, 1.82) is 0 Å². The molecule has 0 aliphatic rings. The maximum Gasteiger partial charge on any atom is 0.325 e. The molecule has 0 aliphatic carbocycles. The monoisotopic (exact) mass is 424 g/mol. The van der Waals surface area contributed by atoms with E-state index in [9.17, 15) is 14.4 Å². The van der Waals surface area contributed by atoms with Crippen LogP contribution in [-0.2, 0) is 16.1 Å². The molecule has 1 aromatic carbocycles. The van der Waals surface area contributed by atoms with Crippen molar-refractivity contribution < 1.29 is 19.1 Å². The summed E-state index contributed by atoms with van der Waals surface area (Å²) in [4.78, 5) is 37.8. The van der Waals surface area contributed by atoms with Crippen LogP contribution in [0.5, 0.6) is 0 Å². The lowest BCUT2D eigenvalue weighted by Gasteiger charge is -2.09. The van der Waals surface area contributed by atoms with Crippen LogP contribution in [0.3, 0.4) is 0 Å². The normalized spacial score (nSPS) is 10.6. The Labute approximate surface area is 179 Å². The van der Waals surface area contributed by atoms with Gasteiger partial charge in [0.25, 0.3) is 5.91 Å². The van der Waals surface area contributed by atoms with Gasteiger partial charge in [0.1, 0.15) is 6.54 Å². The van der Waals surface area contributed by atoms with Gasteiger partial charge in [0, 0.05) is 27.4 Å². The van der Waals surface area contributed by atoms with Gasteiger partial charge in [0.05, 0.1) is 6.54 Å². The molecule has 0 radical (unpaired) electrons. The third-order valence-corrected chi connectivity index (χ3v) is 5.67. The highest BCUT2D eigenvalue weighted by atomic mass is 32.1. The Morgan fingerprint density at radius 1 is 1.07 bits per heavy atom. The summed E-state index contributed by atoms with van der Waals surface area (Å²) in [5, 5.41) is 4.53. The number of hydrogen-bond acceptors (Lipinski definition) is 5. The Bertz CT molecular complexity index is 1070. The highest BCUT2D eigenvalue weighted by molar-refractivity contribution is 7.09. The first-order chi connectivity index (χ1) is 14.3. The third kappa shape index (κ3) is 5.24. The summed E-state index contributed by atoms with van der Waals surface area (Å²) in [6, 6.07) is 12.9. The molecule has 0 saturated carbocycles. The minimum absolute atomic E-state index is 0.265. The number of esters is 1. The zero-order valence-corrected chi connectivity index (χ0v) is 18.0. The molecule has 0 bridgehead atoms. The van der Waals surface area contributed by atoms with Crippen molar-refractivity contribution >= 4 is 29.0 Å². The minimum atomic E-state index is -0.656. The van der Waals surface area contributed by atoms with Crippen molar-refractivity contribution in [2.24, 2.45) is 0 Å². The van der Waals surface area contributed by atoms with Crippen LogP contribution in [0, 0.1) is 20.8 Å². The lowest BCUT2D eigenvalue weighted by Crippen LogP contribution is -2.31. The topological polar surface area (TPSA) is 77.4 Å². The van der Waals surface area contributed by atoms with Crippen molar-refractivity contribution in [2.75, 3.05) is 13.2 Å². The first kappa shape index (κ1) is 21.5. The van der Waals surface area contributed by atoms with Gasteiger partial charge < -0.3 is 14.6 Å². The van der Waals surface area contributed by atoms with E-state index in [1.165, 1.54) is 4.88 Å². The number of Topliss-reactive ketones (excluding diaryl/α,β-unsaturated/α-hetero) is 1. The summed E-state index contributed by atoms with van der Waals surface area (Å²) in [5.74, 6) is -1.28. The van der Waals surface area contributed by atoms with Crippen LogP contribution in [0.25, 0.3) is 0 Å². The molecule has 156 valence electrons. The zero-order chi connectivity index (χ0) is 21.7. The molecule has 0 fully saturated rings. The molecule has 0 atom stereocenters. The molecule has 0 unspecified atom stereocenters. The summed E-state index contributed by atoms with van der Waals surface area (Å²) in [6.07, 6.45) is 0. The van der Waals surface area contributed by atoms with Crippen LogP contribution in [0.4, 0.5) is 0 Å². The smallest absolute Gasteiger partial charge is 0.325 e. The number of aromatic nitrogens is 1. The number of carbonyl (C=O) groups is 3. The maximum atomic E-state index is 12.6. The van der Waals surface area contributed by atoms with Gasteiger partial charge in [-0.3, -0.25) is 14.4 Å². The molecule has 2 aromatic heterocycles. The highest BCUT2D eigenvalue weighted by Gasteiger charge is 2.18. The SMILES string of the molecule is Cc1cccc(C(=O)NCC(=O)OCC(=O)c2cc(C)n(Cc3cccs3)c2C)c1. The predicted octanol–water partition coefficient (Wildman–Crippen LogP) is 3.68. The number of benzene rings is 1. The molecule has 0 aliphatic heterocycles. The van der Waals surface area contributed by atoms with Crippen molar-refractivity contribution in [3.8, 4) is 0 Å². The van der Waals surface area contributed by atoms with Crippen LogP contribution < -0.4 is 5.32 Å². The Morgan fingerprint density at radius 2 is 1.87 bits per heavy atom. The predicted molar refractivity (Wildman–Crippen MR) is 116 cm³/mol. The van der Waals surface area contributed by atoms with E-state index in [-0.39, 0.29) is 24.8 Å². The highest BCUT2D eigenvalue weighted by Crippen LogP contribution is 2.19. The average molecular weight is 425 g/mol. The summed E-state index contributed by atoms with van der Waals surface area (Å²) in [5.41, 5.74) is 3.78. The Hall–Kier alpha value is -3.19. The number of thiophene rings is 1. The fraction of sp³-hybridized carbons (Fsp3) is 0.261. The van der Waals surface area contributed by atoms with Gasteiger partial charge in [-0.05, 0) is 50.4 Å². The number of nitrogens with one attached hydrogen (secondary N) is 1. The molecular formula is C23H24N2O4S. The average Bonchev–Trinajstić information content (AvgIpc) is 3.34. The molecule has 3 rings (SSSR count). The van der Waals surface area contributed by atoms with E-state index in [0.29, 0.717) is 17.7 Å². The van der Waals surface area contributed by atoms with Gasteiger partial charge >= 0.3 is 5.97 Å². The second-order valence-corrected chi connectivity index (χ2v) is 8.12. The number of nitrogens with zero attached hydrogens (tertiary/aromatic N) is 1. The summed E-state index contributed by atoms with van der Waals surface area (Å²) in [6.45, 7) is 5.77. The van der Waals surface area contributed by atoms with Crippen molar-refractivity contribution in [1.82, 2.24) is 9.88 Å². The van der Waals surface area contributed by atoms with Crippen LogP contribution in [0.2, 0.25) is 0 Å². The van der Waals surface area contributed by atoms with E-state index in [0.717, 1.165) is 17.0 Å². The largest absolute Gasteiger partial charge is 0.456 e.